The van der Waals surface area contributed by atoms with E-state index in [-0.39, 0.29) is 28.2 Å². The Kier molecular flexibility index (Phi) is 10.5. The van der Waals surface area contributed by atoms with Crippen LogP contribution >= 0.6 is 11.3 Å². The van der Waals surface area contributed by atoms with Crippen LogP contribution in [0.15, 0.2) is 24.4 Å². The predicted octanol–water partition coefficient (Wildman–Crippen LogP) is 6.85. The van der Waals surface area contributed by atoms with Crippen molar-refractivity contribution in [2.45, 2.75) is 92.2 Å². The van der Waals surface area contributed by atoms with Crippen molar-refractivity contribution in [3.8, 4) is 17.7 Å². The fourth-order valence-electron chi connectivity index (χ4n) is 5.59. The maximum absolute atomic E-state index is 14.0. The number of hydrogen-bond donors (Lipinski definition) is 1. The highest BCUT2D eigenvalue weighted by molar-refractivity contribution is 7.15. The van der Waals surface area contributed by atoms with Gasteiger partial charge in [-0.05, 0) is 103 Å². The number of ether oxygens (including phenoxy) is 1. The molecule has 0 radical (unpaired) electrons. The molecule has 2 aliphatic rings. The Morgan fingerprint density at radius 2 is 1.90 bits per heavy atom. The highest BCUT2D eigenvalue weighted by Crippen LogP contribution is 2.36. The van der Waals surface area contributed by atoms with Gasteiger partial charge in [0.2, 0.25) is 11.8 Å². The Balaban J connectivity index is 1.53. The zero-order valence-corrected chi connectivity index (χ0v) is 26.1. The number of nitrogens with zero attached hydrogens (tertiary/aromatic N) is 3. The second kappa shape index (κ2) is 13.8. The van der Waals surface area contributed by atoms with Gasteiger partial charge < -0.3 is 14.7 Å². The van der Waals surface area contributed by atoms with E-state index in [1.165, 1.54) is 18.4 Å². The smallest absolute Gasteiger partial charge is 0.348 e. The summed E-state index contributed by atoms with van der Waals surface area (Å²) in [6.45, 7) is 13.8. The number of amides is 1. The fraction of sp³-hybridized carbons (Fsp3) is 0.606. The van der Waals surface area contributed by atoms with Gasteiger partial charge in [0.05, 0.1) is 17.2 Å². The van der Waals surface area contributed by atoms with Crippen molar-refractivity contribution in [3.63, 3.8) is 0 Å². The number of thiophene rings is 1. The maximum Gasteiger partial charge on any atom is 0.348 e. The number of carbonyl (C=O) groups is 2. The minimum absolute atomic E-state index is 0.00534. The number of anilines is 1. The maximum atomic E-state index is 14.0. The van der Waals surface area contributed by atoms with Crippen molar-refractivity contribution in [1.82, 2.24) is 9.88 Å². The van der Waals surface area contributed by atoms with Gasteiger partial charge in [0.1, 0.15) is 4.88 Å². The molecule has 1 aliphatic heterocycles. The van der Waals surface area contributed by atoms with E-state index in [1.807, 2.05) is 39.8 Å². The van der Waals surface area contributed by atoms with Gasteiger partial charge in [0, 0.05) is 42.6 Å². The number of aromatic carboxylic acids is 1. The molecule has 2 aromatic rings. The van der Waals surface area contributed by atoms with Crippen LogP contribution in [0, 0.1) is 29.1 Å². The normalized spacial score (nSPS) is 20.2. The van der Waals surface area contributed by atoms with E-state index in [0.717, 1.165) is 56.7 Å². The highest BCUT2D eigenvalue weighted by atomic mass is 32.1. The van der Waals surface area contributed by atoms with Crippen molar-refractivity contribution in [3.05, 3.63) is 39.7 Å². The van der Waals surface area contributed by atoms with Gasteiger partial charge in [-0.25, -0.2) is 9.78 Å². The molecule has 1 saturated heterocycles. The molecule has 1 aliphatic carbocycles. The molecule has 0 spiro atoms. The van der Waals surface area contributed by atoms with Gasteiger partial charge in [-0.15, -0.1) is 11.3 Å². The molecule has 4 rings (SSSR count). The quantitative estimate of drug-likeness (QED) is 0.310. The molecule has 0 aromatic carbocycles. The summed E-state index contributed by atoms with van der Waals surface area (Å²) in [6, 6.07) is 5.56. The van der Waals surface area contributed by atoms with E-state index >= 15 is 0 Å². The second-order valence-corrected chi connectivity index (χ2v) is 13.8. The molecule has 3 heterocycles. The number of carbonyl (C=O) groups excluding carboxylic acids is 1. The first-order valence-electron chi connectivity index (χ1n) is 15.0. The lowest BCUT2D eigenvalue weighted by molar-refractivity contribution is -0.124. The van der Waals surface area contributed by atoms with Crippen LogP contribution in [0.4, 0.5) is 5.69 Å². The van der Waals surface area contributed by atoms with Gasteiger partial charge in [0.25, 0.3) is 0 Å². The van der Waals surface area contributed by atoms with E-state index in [4.69, 9.17) is 4.74 Å². The van der Waals surface area contributed by atoms with Gasteiger partial charge in [-0.1, -0.05) is 18.8 Å². The van der Waals surface area contributed by atoms with E-state index in [0.29, 0.717) is 35.4 Å². The van der Waals surface area contributed by atoms with Crippen LogP contribution in [-0.2, 0) is 11.3 Å². The molecule has 2 fully saturated rings. The Hall–Kier alpha value is -2.89. The summed E-state index contributed by atoms with van der Waals surface area (Å²) < 4.78 is 6.06. The molecule has 1 N–H and O–H groups in total. The third-order valence-corrected chi connectivity index (χ3v) is 8.99. The molecule has 8 heteroatoms. The zero-order chi connectivity index (χ0) is 29.6. The van der Waals surface area contributed by atoms with Crippen molar-refractivity contribution in [2.24, 2.45) is 17.3 Å². The average Bonchev–Trinajstić information content (AvgIpc) is 3.58. The van der Waals surface area contributed by atoms with Crippen LogP contribution in [0.25, 0.3) is 0 Å². The number of pyridine rings is 1. The van der Waals surface area contributed by atoms with Gasteiger partial charge in [-0.2, -0.15) is 0 Å². The lowest BCUT2D eigenvalue weighted by Gasteiger charge is -2.34. The number of carboxylic acid groups (broad SMARTS) is 1. The standard InChI is InChI=1S/C33H45N3O4S/c1-23-8-10-26(11-9-23)31(37)36(28-21-27(12-15-33(3,4)5)41-30(28)32(38)39)24(2)14-19-40-29-20-25(13-16-34-29)22-35-17-6-7-18-35/h13,16,20-21,23-24,26H,6-11,14,17-19,22H2,1-5H3,(H,38,39)/t23-,24?,26-. The van der Waals surface area contributed by atoms with Crippen molar-refractivity contribution < 1.29 is 19.4 Å². The van der Waals surface area contributed by atoms with Crippen LogP contribution in [0.3, 0.4) is 0 Å². The predicted molar refractivity (Wildman–Crippen MR) is 165 cm³/mol. The number of hydrogen-bond acceptors (Lipinski definition) is 6. The first-order chi connectivity index (χ1) is 19.5. The molecule has 2 aromatic heterocycles. The summed E-state index contributed by atoms with van der Waals surface area (Å²) in [4.78, 5) is 35.8. The number of rotatable bonds is 10. The lowest BCUT2D eigenvalue weighted by Crippen LogP contribution is -2.44. The monoisotopic (exact) mass is 579 g/mol. The number of aromatic nitrogens is 1. The molecule has 1 unspecified atom stereocenters. The average molecular weight is 580 g/mol. The first kappa shape index (κ1) is 31.1. The summed E-state index contributed by atoms with van der Waals surface area (Å²) in [6.07, 6.45) is 8.52. The summed E-state index contributed by atoms with van der Waals surface area (Å²) in [7, 11) is 0. The van der Waals surface area contributed by atoms with E-state index in [1.54, 1.807) is 17.2 Å². The SMILES string of the molecule is CC(CCOc1cc(CN2CCCC2)ccn1)N(c1cc(C#CC(C)(C)C)sc1C(=O)O)C(=O)[C@H]1CC[C@H](C)CC1. The van der Waals surface area contributed by atoms with E-state index in [2.05, 4.69) is 28.6 Å². The van der Waals surface area contributed by atoms with Crippen LogP contribution in [-0.4, -0.2) is 52.6 Å². The minimum Gasteiger partial charge on any atom is -0.478 e. The molecule has 1 saturated carbocycles. The molecule has 7 nitrogen and oxygen atoms in total. The van der Waals surface area contributed by atoms with E-state index in [9.17, 15) is 14.7 Å². The third kappa shape index (κ3) is 8.80. The topological polar surface area (TPSA) is 83.0 Å². The molecule has 1 atom stereocenters. The van der Waals surface area contributed by atoms with Crippen LogP contribution in [0.2, 0.25) is 0 Å². The summed E-state index contributed by atoms with van der Waals surface area (Å²) in [5.41, 5.74) is 1.41. The highest BCUT2D eigenvalue weighted by Gasteiger charge is 2.34. The third-order valence-electron chi connectivity index (χ3n) is 7.96. The van der Waals surface area contributed by atoms with Crippen molar-refractivity contribution >= 4 is 28.9 Å². The van der Waals surface area contributed by atoms with Gasteiger partial charge in [-0.3, -0.25) is 9.69 Å². The minimum atomic E-state index is -1.04. The van der Waals surface area contributed by atoms with Gasteiger partial charge >= 0.3 is 5.97 Å². The Bertz CT molecular complexity index is 1260. The summed E-state index contributed by atoms with van der Waals surface area (Å²) in [5.74, 6) is 6.40. The molecular weight excluding hydrogens is 534 g/mol. The van der Waals surface area contributed by atoms with Crippen molar-refractivity contribution in [2.75, 3.05) is 24.6 Å². The molecule has 0 bridgehead atoms. The Morgan fingerprint density at radius 1 is 1.20 bits per heavy atom. The molecule has 222 valence electrons. The van der Waals surface area contributed by atoms with Crippen LogP contribution in [0.1, 0.15) is 99.7 Å². The number of carboxylic acids is 1. The zero-order valence-electron chi connectivity index (χ0n) is 25.2. The van der Waals surface area contributed by atoms with Crippen molar-refractivity contribution in [1.29, 1.82) is 0 Å². The molecular formula is C33H45N3O4S. The first-order valence-corrected chi connectivity index (χ1v) is 15.9. The number of likely N-dealkylation sites (tertiary alicyclic amines) is 1. The van der Waals surface area contributed by atoms with E-state index < -0.39 is 5.97 Å². The van der Waals surface area contributed by atoms with Crippen LogP contribution in [0.5, 0.6) is 5.88 Å². The van der Waals surface area contributed by atoms with Crippen LogP contribution < -0.4 is 9.64 Å². The summed E-state index contributed by atoms with van der Waals surface area (Å²) >= 11 is 1.14. The Morgan fingerprint density at radius 3 is 2.56 bits per heavy atom. The van der Waals surface area contributed by atoms with Gasteiger partial charge in [0.15, 0.2) is 0 Å². The second-order valence-electron chi connectivity index (χ2n) is 12.8. The lowest BCUT2D eigenvalue weighted by atomic mass is 9.82. The largest absolute Gasteiger partial charge is 0.478 e. The molecule has 41 heavy (non-hydrogen) atoms. The molecule has 1 amide bonds. The summed E-state index contributed by atoms with van der Waals surface area (Å²) in [5, 5.41) is 10.1. The fourth-order valence-corrected chi connectivity index (χ4v) is 6.43. The Labute approximate surface area is 249 Å².